The molecule has 0 unspecified atom stereocenters. The van der Waals surface area contributed by atoms with E-state index in [-0.39, 0.29) is 12.5 Å². The van der Waals surface area contributed by atoms with Crippen molar-refractivity contribution in [3.05, 3.63) is 81.8 Å². The van der Waals surface area contributed by atoms with E-state index in [0.29, 0.717) is 27.8 Å². The second kappa shape index (κ2) is 8.81. The molecule has 1 aromatic heterocycles. The minimum atomic E-state index is -0.172. The molecule has 5 nitrogen and oxygen atoms in total. The standard InChI is InChI=1S/C23H17BrClN3O2/c1-14(29)26-19-10-9-16(24)12-18(19)22-23(28-21-8-3-2-7-20(21)27-22)30-13-15-5-4-6-17(25)11-15/h2-12H,13H2,1H3,(H,26,29). The van der Waals surface area contributed by atoms with Gasteiger partial charge in [-0.3, -0.25) is 4.79 Å². The first-order chi connectivity index (χ1) is 14.5. The Morgan fingerprint density at radius 3 is 2.53 bits per heavy atom. The van der Waals surface area contributed by atoms with Crippen molar-refractivity contribution in [1.29, 1.82) is 0 Å². The molecular formula is C23H17BrClN3O2. The van der Waals surface area contributed by atoms with E-state index in [1.807, 2.05) is 66.7 Å². The SMILES string of the molecule is CC(=O)Nc1ccc(Br)cc1-c1nc2ccccc2nc1OCc1cccc(Cl)c1. The van der Waals surface area contributed by atoms with E-state index in [1.165, 1.54) is 6.92 Å². The van der Waals surface area contributed by atoms with Crippen molar-refractivity contribution in [3.63, 3.8) is 0 Å². The number of anilines is 1. The van der Waals surface area contributed by atoms with E-state index in [4.69, 9.17) is 26.3 Å². The lowest BCUT2D eigenvalue weighted by Crippen LogP contribution is -2.08. The van der Waals surface area contributed by atoms with Gasteiger partial charge in [0, 0.05) is 22.0 Å². The summed E-state index contributed by atoms with van der Waals surface area (Å²) >= 11 is 9.59. The molecule has 1 N–H and O–H groups in total. The number of rotatable bonds is 5. The van der Waals surface area contributed by atoms with Crippen LogP contribution in [-0.4, -0.2) is 15.9 Å². The summed E-state index contributed by atoms with van der Waals surface area (Å²) < 4.78 is 6.93. The monoisotopic (exact) mass is 481 g/mol. The molecule has 0 fully saturated rings. The number of carbonyl (C=O) groups excluding carboxylic acids is 1. The molecule has 0 aliphatic heterocycles. The van der Waals surface area contributed by atoms with E-state index in [9.17, 15) is 4.79 Å². The Labute approximate surface area is 187 Å². The van der Waals surface area contributed by atoms with Crippen LogP contribution in [0.2, 0.25) is 5.02 Å². The molecule has 30 heavy (non-hydrogen) atoms. The highest BCUT2D eigenvalue weighted by molar-refractivity contribution is 9.10. The molecule has 4 aromatic rings. The first kappa shape index (κ1) is 20.3. The van der Waals surface area contributed by atoms with Gasteiger partial charge in [0.2, 0.25) is 11.8 Å². The number of ether oxygens (including phenoxy) is 1. The van der Waals surface area contributed by atoms with Crippen molar-refractivity contribution in [2.45, 2.75) is 13.5 Å². The van der Waals surface area contributed by atoms with E-state index in [0.717, 1.165) is 21.1 Å². The highest BCUT2D eigenvalue weighted by Crippen LogP contribution is 2.36. The van der Waals surface area contributed by atoms with Gasteiger partial charge >= 0.3 is 0 Å². The average Bonchev–Trinajstić information content (AvgIpc) is 2.72. The van der Waals surface area contributed by atoms with E-state index < -0.39 is 0 Å². The fraction of sp³-hybridized carbons (Fsp3) is 0.0870. The summed E-state index contributed by atoms with van der Waals surface area (Å²) in [6.45, 7) is 1.75. The number of para-hydroxylation sites is 2. The third-order valence-corrected chi connectivity index (χ3v) is 5.08. The third kappa shape index (κ3) is 4.61. The van der Waals surface area contributed by atoms with Crippen LogP contribution in [0.3, 0.4) is 0 Å². The van der Waals surface area contributed by atoms with Gasteiger partial charge < -0.3 is 10.1 Å². The molecule has 1 amide bonds. The van der Waals surface area contributed by atoms with Crippen molar-refractivity contribution in [3.8, 4) is 17.1 Å². The summed E-state index contributed by atoms with van der Waals surface area (Å²) in [5, 5.41) is 3.49. The highest BCUT2D eigenvalue weighted by atomic mass is 79.9. The van der Waals surface area contributed by atoms with Crippen LogP contribution in [0.25, 0.3) is 22.3 Å². The number of hydrogen-bond donors (Lipinski definition) is 1. The van der Waals surface area contributed by atoms with Gasteiger partial charge in [0.05, 0.1) is 16.7 Å². The fourth-order valence-corrected chi connectivity index (χ4v) is 3.62. The summed E-state index contributed by atoms with van der Waals surface area (Å²) in [6.07, 6.45) is 0. The molecule has 0 bridgehead atoms. The average molecular weight is 483 g/mol. The minimum absolute atomic E-state index is 0.172. The minimum Gasteiger partial charge on any atom is -0.471 e. The normalized spacial score (nSPS) is 10.8. The van der Waals surface area contributed by atoms with Crippen molar-refractivity contribution >= 4 is 50.2 Å². The number of hydrogen-bond acceptors (Lipinski definition) is 4. The van der Waals surface area contributed by atoms with Gasteiger partial charge in [-0.15, -0.1) is 0 Å². The topological polar surface area (TPSA) is 64.1 Å². The molecule has 7 heteroatoms. The van der Waals surface area contributed by atoms with Gasteiger partial charge in [0.1, 0.15) is 12.3 Å². The van der Waals surface area contributed by atoms with Crippen LogP contribution in [-0.2, 0) is 11.4 Å². The number of fused-ring (bicyclic) bond motifs is 1. The highest BCUT2D eigenvalue weighted by Gasteiger charge is 2.17. The lowest BCUT2D eigenvalue weighted by Gasteiger charge is -2.15. The molecule has 150 valence electrons. The van der Waals surface area contributed by atoms with Crippen molar-refractivity contribution < 1.29 is 9.53 Å². The largest absolute Gasteiger partial charge is 0.471 e. The quantitative estimate of drug-likeness (QED) is 0.365. The Morgan fingerprint density at radius 1 is 1.03 bits per heavy atom. The zero-order chi connectivity index (χ0) is 21.1. The Morgan fingerprint density at radius 2 is 1.80 bits per heavy atom. The van der Waals surface area contributed by atoms with Gasteiger partial charge in [0.25, 0.3) is 0 Å². The number of nitrogens with zero attached hydrogens (tertiary/aromatic N) is 2. The predicted molar refractivity (Wildman–Crippen MR) is 123 cm³/mol. The predicted octanol–water partition coefficient (Wildman–Crippen LogP) is 6.25. The second-order valence-corrected chi connectivity index (χ2v) is 8.01. The van der Waals surface area contributed by atoms with Crippen molar-refractivity contribution in [2.24, 2.45) is 0 Å². The number of aromatic nitrogens is 2. The van der Waals surface area contributed by atoms with Crippen LogP contribution in [0.5, 0.6) is 5.88 Å². The van der Waals surface area contributed by atoms with Gasteiger partial charge in [0.15, 0.2) is 0 Å². The van der Waals surface area contributed by atoms with E-state index >= 15 is 0 Å². The van der Waals surface area contributed by atoms with E-state index in [2.05, 4.69) is 21.2 Å². The fourth-order valence-electron chi connectivity index (χ4n) is 3.05. The number of nitrogens with one attached hydrogen (secondary N) is 1. The number of halogens is 2. The molecule has 4 rings (SSSR count). The number of carbonyl (C=O) groups is 1. The molecule has 0 aliphatic carbocycles. The summed E-state index contributed by atoms with van der Waals surface area (Å²) in [5.41, 5.74) is 4.25. The molecule has 0 spiro atoms. The van der Waals surface area contributed by atoms with Gasteiger partial charge in [-0.1, -0.05) is 51.8 Å². The Kier molecular flexibility index (Phi) is 5.97. The van der Waals surface area contributed by atoms with Crippen LogP contribution in [0.15, 0.2) is 71.2 Å². The third-order valence-electron chi connectivity index (χ3n) is 4.35. The van der Waals surface area contributed by atoms with Crippen molar-refractivity contribution in [1.82, 2.24) is 9.97 Å². The van der Waals surface area contributed by atoms with Gasteiger partial charge in [-0.2, -0.15) is 0 Å². The Balaban J connectivity index is 1.83. The maximum atomic E-state index is 11.7. The maximum absolute atomic E-state index is 11.7. The lowest BCUT2D eigenvalue weighted by molar-refractivity contribution is -0.114. The zero-order valence-corrected chi connectivity index (χ0v) is 18.4. The summed E-state index contributed by atoms with van der Waals surface area (Å²) in [7, 11) is 0. The van der Waals surface area contributed by atoms with Gasteiger partial charge in [-0.05, 0) is 48.0 Å². The first-order valence-electron chi connectivity index (χ1n) is 9.21. The molecular weight excluding hydrogens is 466 g/mol. The molecule has 0 radical (unpaired) electrons. The molecule has 1 heterocycles. The summed E-state index contributed by atoms with van der Waals surface area (Å²) in [4.78, 5) is 21.2. The summed E-state index contributed by atoms with van der Waals surface area (Å²) in [6, 6.07) is 20.6. The summed E-state index contributed by atoms with van der Waals surface area (Å²) in [5.74, 6) is 0.201. The molecule has 3 aromatic carbocycles. The Hall–Kier alpha value is -2.96. The molecule has 0 aliphatic rings. The number of benzene rings is 3. The smallest absolute Gasteiger partial charge is 0.241 e. The molecule has 0 saturated heterocycles. The van der Waals surface area contributed by atoms with E-state index in [1.54, 1.807) is 0 Å². The van der Waals surface area contributed by atoms with Crippen LogP contribution >= 0.6 is 27.5 Å². The van der Waals surface area contributed by atoms with Gasteiger partial charge in [-0.25, -0.2) is 9.97 Å². The molecule has 0 atom stereocenters. The molecule has 0 saturated carbocycles. The first-order valence-corrected chi connectivity index (χ1v) is 10.4. The lowest BCUT2D eigenvalue weighted by atomic mass is 10.1. The maximum Gasteiger partial charge on any atom is 0.241 e. The van der Waals surface area contributed by atoms with Crippen LogP contribution in [0, 0.1) is 0 Å². The van der Waals surface area contributed by atoms with Crippen LogP contribution in [0.1, 0.15) is 12.5 Å². The zero-order valence-electron chi connectivity index (χ0n) is 16.0. The Bertz CT molecular complexity index is 1250. The van der Waals surface area contributed by atoms with Crippen molar-refractivity contribution in [2.75, 3.05) is 5.32 Å². The second-order valence-electron chi connectivity index (χ2n) is 6.66. The number of amides is 1. The van der Waals surface area contributed by atoms with Crippen LogP contribution < -0.4 is 10.1 Å². The van der Waals surface area contributed by atoms with Crippen LogP contribution in [0.4, 0.5) is 5.69 Å².